The van der Waals surface area contributed by atoms with E-state index in [0.29, 0.717) is 12.1 Å². The van der Waals surface area contributed by atoms with Gasteiger partial charge in [-0.2, -0.15) is 0 Å². The van der Waals surface area contributed by atoms with Crippen molar-refractivity contribution in [3.05, 3.63) is 72.6 Å². The standard InChI is InChI=1S/C28H28N6S2/c1-3-19(29-13-1)27-31-15-21(33-27)25-11-9-23(35-25)17-5-7-18(8-6-17)24-10-12-26(36-24)22-16-32-28(34-22)20-4-2-14-30-20/h5-12,15-16,19-20,29-30H,1-4,13-14H2,(H,31,33)(H,32,34)/t19-,20-/m1/s1. The molecule has 7 rings (SSSR count). The number of aromatic nitrogens is 4. The second-order valence-corrected chi connectivity index (χ2v) is 11.7. The molecule has 0 aliphatic carbocycles. The lowest BCUT2D eigenvalue weighted by molar-refractivity contribution is 0.613. The van der Waals surface area contributed by atoms with Gasteiger partial charge in [-0.15, -0.1) is 22.7 Å². The maximum Gasteiger partial charge on any atom is 0.123 e. The van der Waals surface area contributed by atoms with Crippen LogP contribution in [0.4, 0.5) is 0 Å². The second-order valence-electron chi connectivity index (χ2n) is 9.57. The Hall–Kier alpha value is -3.04. The van der Waals surface area contributed by atoms with Crippen LogP contribution in [-0.4, -0.2) is 33.0 Å². The minimum absolute atomic E-state index is 0.364. The average Bonchev–Trinajstić information content (AvgIpc) is 3.74. The van der Waals surface area contributed by atoms with Gasteiger partial charge in [-0.25, -0.2) is 9.97 Å². The molecule has 5 aromatic rings. The Labute approximate surface area is 218 Å². The molecule has 6 nitrogen and oxygen atoms in total. The fourth-order valence-electron chi connectivity index (χ4n) is 5.19. The van der Waals surface area contributed by atoms with Gasteiger partial charge in [-0.1, -0.05) is 24.3 Å². The van der Waals surface area contributed by atoms with Crippen LogP contribution in [0.1, 0.15) is 49.4 Å². The zero-order chi connectivity index (χ0) is 23.9. The van der Waals surface area contributed by atoms with E-state index in [4.69, 9.17) is 0 Å². The number of nitrogens with zero attached hydrogens (tertiary/aromatic N) is 2. The number of rotatable bonds is 6. The summed E-state index contributed by atoms with van der Waals surface area (Å²) in [5, 5.41) is 7.03. The van der Waals surface area contributed by atoms with Gasteiger partial charge < -0.3 is 20.6 Å². The lowest BCUT2D eigenvalue weighted by atomic mass is 10.1. The lowest BCUT2D eigenvalue weighted by Crippen LogP contribution is -2.14. The van der Waals surface area contributed by atoms with Gasteiger partial charge >= 0.3 is 0 Å². The van der Waals surface area contributed by atoms with Crippen molar-refractivity contribution in [2.45, 2.75) is 37.8 Å². The Morgan fingerprint density at radius 3 is 1.44 bits per heavy atom. The summed E-state index contributed by atoms with van der Waals surface area (Å²) >= 11 is 3.61. The van der Waals surface area contributed by atoms with Crippen molar-refractivity contribution in [2.75, 3.05) is 13.1 Å². The van der Waals surface area contributed by atoms with Gasteiger partial charge in [0.1, 0.15) is 11.6 Å². The Morgan fingerprint density at radius 1 is 0.583 bits per heavy atom. The Bertz CT molecular complexity index is 1350. The van der Waals surface area contributed by atoms with Crippen molar-refractivity contribution in [1.29, 1.82) is 0 Å². The molecule has 6 heterocycles. The number of H-pyrrole nitrogens is 2. The Morgan fingerprint density at radius 2 is 1.03 bits per heavy atom. The van der Waals surface area contributed by atoms with E-state index < -0.39 is 0 Å². The van der Waals surface area contributed by atoms with Crippen LogP contribution in [0.2, 0.25) is 0 Å². The molecule has 2 saturated heterocycles. The van der Waals surface area contributed by atoms with E-state index in [9.17, 15) is 0 Å². The minimum atomic E-state index is 0.364. The van der Waals surface area contributed by atoms with Gasteiger partial charge in [-0.3, -0.25) is 0 Å². The molecule has 0 unspecified atom stereocenters. The summed E-state index contributed by atoms with van der Waals surface area (Å²) in [6.07, 6.45) is 8.68. The monoisotopic (exact) mass is 512 g/mol. The molecule has 182 valence electrons. The minimum Gasteiger partial charge on any atom is -0.340 e. The van der Waals surface area contributed by atoms with Crippen LogP contribution in [0.3, 0.4) is 0 Å². The average molecular weight is 513 g/mol. The van der Waals surface area contributed by atoms with Crippen molar-refractivity contribution in [3.63, 3.8) is 0 Å². The third-order valence-electron chi connectivity index (χ3n) is 7.17. The summed E-state index contributed by atoms with van der Waals surface area (Å²) in [5.41, 5.74) is 4.68. The van der Waals surface area contributed by atoms with Crippen LogP contribution >= 0.6 is 22.7 Å². The predicted molar refractivity (Wildman–Crippen MR) is 148 cm³/mol. The smallest absolute Gasteiger partial charge is 0.123 e. The van der Waals surface area contributed by atoms with E-state index >= 15 is 0 Å². The fourth-order valence-corrected chi connectivity index (χ4v) is 7.14. The number of aromatic amines is 2. The second kappa shape index (κ2) is 9.44. The molecule has 1 aromatic carbocycles. The molecule has 8 heteroatoms. The topological polar surface area (TPSA) is 81.4 Å². The summed E-state index contributed by atoms with van der Waals surface area (Å²) < 4.78 is 0. The third-order valence-corrected chi connectivity index (χ3v) is 9.50. The van der Waals surface area contributed by atoms with Gasteiger partial charge in [0.2, 0.25) is 0 Å². The highest BCUT2D eigenvalue weighted by Gasteiger charge is 2.21. The molecule has 0 saturated carbocycles. The quantitative estimate of drug-likeness (QED) is 0.202. The summed E-state index contributed by atoms with van der Waals surface area (Å²) in [6.45, 7) is 2.16. The van der Waals surface area contributed by atoms with Gasteiger partial charge in [0.25, 0.3) is 0 Å². The van der Waals surface area contributed by atoms with Crippen LogP contribution in [0.5, 0.6) is 0 Å². The van der Waals surface area contributed by atoms with Gasteiger partial charge in [0.15, 0.2) is 0 Å². The number of benzene rings is 1. The summed E-state index contributed by atoms with van der Waals surface area (Å²) in [6, 6.07) is 18.4. The van der Waals surface area contributed by atoms with Crippen LogP contribution in [0, 0.1) is 0 Å². The van der Waals surface area contributed by atoms with Crippen molar-refractivity contribution in [1.82, 2.24) is 30.6 Å². The maximum absolute atomic E-state index is 4.63. The molecule has 4 N–H and O–H groups in total. The molecule has 0 bridgehead atoms. The summed E-state index contributed by atoms with van der Waals surface area (Å²) in [4.78, 5) is 21.3. The number of imidazole rings is 2. The van der Waals surface area contributed by atoms with Crippen molar-refractivity contribution in [2.24, 2.45) is 0 Å². The van der Waals surface area contributed by atoms with Crippen LogP contribution in [0.15, 0.2) is 60.9 Å². The molecule has 2 fully saturated rings. The van der Waals surface area contributed by atoms with E-state index in [1.54, 1.807) is 22.7 Å². The first-order chi connectivity index (χ1) is 17.8. The van der Waals surface area contributed by atoms with E-state index in [2.05, 4.69) is 79.1 Å². The summed E-state index contributed by atoms with van der Waals surface area (Å²) in [7, 11) is 0. The molecular formula is C28H28N6S2. The SMILES string of the molecule is c1cc(-c2ccc(-c3cnc([C@H]4CCCN4)[nH]3)s2)ccc1-c1ccc(-c2cnc([C@H]3CCCN3)[nH]2)s1. The Balaban J connectivity index is 1.06. The highest BCUT2D eigenvalue weighted by atomic mass is 32.1. The molecule has 2 aliphatic heterocycles. The van der Waals surface area contributed by atoms with Crippen LogP contribution in [-0.2, 0) is 0 Å². The Kier molecular flexibility index (Phi) is 5.82. The highest BCUT2D eigenvalue weighted by molar-refractivity contribution is 7.19. The van der Waals surface area contributed by atoms with Gasteiger partial charge in [-0.05, 0) is 74.2 Å². The van der Waals surface area contributed by atoms with Crippen molar-refractivity contribution < 1.29 is 0 Å². The first-order valence-corrected chi connectivity index (χ1v) is 14.3. The van der Waals surface area contributed by atoms with E-state index in [1.165, 1.54) is 43.5 Å². The van der Waals surface area contributed by atoms with Crippen LogP contribution < -0.4 is 10.6 Å². The largest absolute Gasteiger partial charge is 0.340 e. The predicted octanol–water partition coefficient (Wildman–Crippen LogP) is 6.77. The zero-order valence-electron chi connectivity index (χ0n) is 19.9. The van der Waals surface area contributed by atoms with Crippen LogP contribution in [0.25, 0.3) is 42.0 Å². The highest BCUT2D eigenvalue weighted by Crippen LogP contribution is 2.38. The first-order valence-electron chi connectivity index (χ1n) is 12.7. The van der Waals surface area contributed by atoms with Gasteiger partial charge in [0, 0.05) is 9.75 Å². The van der Waals surface area contributed by atoms with E-state index in [0.717, 1.165) is 49.0 Å². The van der Waals surface area contributed by atoms with Crippen molar-refractivity contribution in [3.8, 4) is 42.0 Å². The fraction of sp³-hybridized carbons (Fsp3) is 0.286. The number of hydrogen-bond donors (Lipinski definition) is 4. The molecule has 36 heavy (non-hydrogen) atoms. The molecule has 0 spiro atoms. The molecule has 2 aliphatic rings. The number of nitrogens with one attached hydrogen (secondary N) is 4. The molecule has 2 atom stereocenters. The zero-order valence-corrected chi connectivity index (χ0v) is 21.5. The normalized spacial score (nSPS) is 19.9. The molecule has 0 amide bonds. The van der Waals surface area contributed by atoms with E-state index in [-0.39, 0.29) is 0 Å². The number of hydrogen-bond acceptors (Lipinski definition) is 6. The molecule has 4 aromatic heterocycles. The third kappa shape index (κ3) is 4.24. The summed E-state index contributed by atoms with van der Waals surface area (Å²) in [5.74, 6) is 2.11. The first kappa shape index (κ1) is 22.2. The molecule has 0 radical (unpaired) electrons. The molecular weight excluding hydrogens is 484 g/mol. The van der Waals surface area contributed by atoms with E-state index in [1.807, 2.05) is 12.4 Å². The maximum atomic E-state index is 4.63. The van der Waals surface area contributed by atoms with Gasteiger partial charge in [0.05, 0.1) is 45.6 Å². The lowest BCUT2D eigenvalue weighted by Gasteiger charge is -2.05. The number of thiophene rings is 2. The van der Waals surface area contributed by atoms with Crippen molar-refractivity contribution >= 4 is 22.7 Å².